The van der Waals surface area contributed by atoms with Crippen LogP contribution in [0, 0.1) is 13.8 Å². The van der Waals surface area contributed by atoms with E-state index in [1.54, 1.807) is 0 Å². The molecule has 0 spiro atoms. The molecule has 0 aliphatic carbocycles. The van der Waals surface area contributed by atoms with Crippen LogP contribution < -0.4 is 5.32 Å². The van der Waals surface area contributed by atoms with E-state index in [-0.39, 0.29) is 12.1 Å². The molecule has 0 radical (unpaired) electrons. The zero-order valence-corrected chi connectivity index (χ0v) is 15.8. The maximum Gasteiger partial charge on any atom is 0.322 e. The van der Waals surface area contributed by atoms with Gasteiger partial charge in [-0.05, 0) is 54.7 Å². The Morgan fingerprint density at radius 1 is 0.926 bits per heavy atom. The number of amides is 2. The van der Waals surface area contributed by atoms with Gasteiger partial charge in [0.2, 0.25) is 0 Å². The quantitative estimate of drug-likeness (QED) is 0.647. The minimum absolute atomic E-state index is 0.0549. The Kier molecular flexibility index (Phi) is 4.68. The summed E-state index contributed by atoms with van der Waals surface area (Å²) in [6, 6.07) is 24.8. The van der Waals surface area contributed by atoms with Gasteiger partial charge in [0.1, 0.15) is 0 Å². The standard InChI is InChI=1S/C24H24N2O/c1-17-10-12-20(13-11-17)23-22-9-4-3-7-19(22)14-15-26(23)24(27)25-21-8-5-6-18(2)16-21/h3-13,16,23H,14-15H2,1-2H3,(H,25,27)/t23-/m0/s1. The first-order valence-corrected chi connectivity index (χ1v) is 9.40. The average Bonchev–Trinajstić information content (AvgIpc) is 2.68. The summed E-state index contributed by atoms with van der Waals surface area (Å²) >= 11 is 0. The van der Waals surface area contributed by atoms with Crippen LogP contribution in [0.2, 0.25) is 0 Å². The SMILES string of the molecule is Cc1ccc([C@H]2c3ccccc3CCN2C(=O)Nc2cccc(C)c2)cc1. The Hall–Kier alpha value is -3.07. The Morgan fingerprint density at radius 3 is 2.48 bits per heavy atom. The third-order valence-electron chi connectivity index (χ3n) is 5.21. The molecule has 0 saturated carbocycles. The van der Waals surface area contributed by atoms with Gasteiger partial charge in [-0.25, -0.2) is 4.79 Å². The van der Waals surface area contributed by atoms with Crippen LogP contribution in [0.15, 0.2) is 72.8 Å². The molecule has 0 unspecified atom stereocenters. The average molecular weight is 356 g/mol. The van der Waals surface area contributed by atoms with E-state index >= 15 is 0 Å². The molecule has 4 rings (SSSR count). The topological polar surface area (TPSA) is 32.3 Å². The molecule has 0 aromatic heterocycles. The summed E-state index contributed by atoms with van der Waals surface area (Å²) in [4.78, 5) is 15.1. The Morgan fingerprint density at radius 2 is 1.70 bits per heavy atom. The molecule has 3 nitrogen and oxygen atoms in total. The summed E-state index contributed by atoms with van der Waals surface area (Å²) in [5.41, 5.74) is 6.87. The number of rotatable bonds is 2. The molecular weight excluding hydrogens is 332 g/mol. The van der Waals surface area contributed by atoms with Crippen molar-refractivity contribution < 1.29 is 4.79 Å². The monoisotopic (exact) mass is 356 g/mol. The van der Waals surface area contributed by atoms with E-state index in [2.05, 4.69) is 60.8 Å². The summed E-state index contributed by atoms with van der Waals surface area (Å²) in [7, 11) is 0. The summed E-state index contributed by atoms with van der Waals surface area (Å²) in [6.07, 6.45) is 0.875. The third-order valence-corrected chi connectivity index (χ3v) is 5.21. The number of carbonyl (C=O) groups excluding carboxylic acids is 1. The number of aryl methyl sites for hydroxylation is 2. The predicted molar refractivity (Wildman–Crippen MR) is 110 cm³/mol. The molecule has 1 heterocycles. The smallest absolute Gasteiger partial charge is 0.313 e. The van der Waals surface area contributed by atoms with Crippen molar-refractivity contribution in [1.29, 1.82) is 0 Å². The zero-order valence-electron chi connectivity index (χ0n) is 15.8. The number of nitrogens with one attached hydrogen (secondary N) is 1. The molecular formula is C24H24N2O. The molecule has 3 aromatic rings. The molecule has 27 heavy (non-hydrogen) atoms. The molecule has 0 saturated heterocycles. The van der Waals surface area contributed by atoms with Crippen LogP contribution in [0.1, 0.15) is 33.9 Å². The largest absolute Gasteiger partial charge is 0.322 e. The van der Waals surface area contributed by atoms with Crippen molar-refractivity contribution in [3.8, 4) is 0 Å². The summed E-state index contributed by atoms with van der Waals surface area (Å²) in [5.74, 6) is 0. The first-order chi connectivity index (χ1) is 13.1. The van der Waals surface area contributed by atoms with Crippen LogP contribution in [0.5, 0.6) is 0 Å². The number of anilines is 1. The van der Waals surface area contributed by atoms with E-state index in [1.807, 2.05) is 36.1 Å². The van der Waals surface area contributed by atoms with E-state index in [9.17, 15) is 4.79 Å². The number of hydrogen-bond acceptors (Lipinski definition) is 1. The summed E-state index contributed by atoms with van der Waals surface area (Å²) < 4.78 is 0. The third kappa shape index (κ3) is 3.59. The minimum Gasteiger partial charge on any atom is -0.313 e. The van der Waals surface area contributed by atoms with Crippen molar-refractivity contribution in [1.82, 2.24) is 4.90 Å². The molecule has 1 atom stereocenters. The molecule has 3 heteroatoms. The van der Waals surface area contributed by atoms with Crippen LogP contribution in [0.25, 0.3) is 0 Å². The van der Waals surface area contributed by atoms with Crippen LogP contribution in [0.4, 0.5) is 10.5 Å². The Balaban J connectivity index is 1.70. The van der Waals surface area contributed by atoms with Gasteiger partial charge in [-0.1, -0.05) is 66.2 Å². The van der Waals surface area contributed by atoms with Crippen LogP contribution in [-0.4, -0.2) is 17.5 Å². The summed E-state index contributed by atoms with van der Waals surface area (Å²) in [6.45, 7) is 4.82. The maximum atomic E-state index is 13.2. The predicted octanol–water partition coefficient (Wildman–Crippen LogP) is 5.48. The molecule has 1 aliphatic rings. The zero-order chi connectivity index (χ0) is 18.8. The fourth-order valence-corrected chi connectivity index (χ4v) is 3.81. The lowest BCUT2D eigenvalue weighted by atomic mass is 9.88. The van der Waals surface area contributed by atoms with Gasteiger partial charge in [-0.2, -0.15) is 0 Å². The van der Waals surface area contributed by atoms with E-state index in [4.69, 9.17) is 0 Å². The van der Waals surface area contributed by atoms with E-state index in [0.717, 1.165) is 23.2 Å². The molecule has 136 valence electrons. The van der Waals surface area contributed by atoms with Gasteiger partial charge >= 0.3 is 6.03 Å². The number of benzene rings is 3. The number of hydrogen-bond donors (Lipinski definition) is 1. The van der Waals surface area contributed by atoms with E-state index in [1.165, 1.54) is 16.7 Å². The second-order valence-corrected chi connectivity index (χ2v) is 7.26. The normalized spacial score (nSPS) is 15.9. The van der Waals surface area contributed by atoms with Gasteiger partial charge in [-0.3, -0.25) is 0 Å². The van der Waals surface area contributed by atoms with Gasteiger partial charge in [0.25, 0.3) is 0 Å². The number of carbonyl (C=O) groups is 1. The highest BCUT2D eigenvalue weighted by Gasteiger charge is 2.31. The van der Waals surface area contributed by atoms with E-state index in [0.29, 0.717) is 6.54 Å². The van der Waals surface area contributed by atoms with Crippen molar-refractivity contribution in [3.63, 3.8) is 0 Å². The van der Waals surface area contributed by atoms with Gasteiger partial charge in [0, 0.05) is 12.2 Å². The fourth-order valence-electron chi connectivity index (χ4n) is 3.81. The lowest BCUT2D eigenvalue weighted by Gasteiger charge is -2.37. The Labute approximate surface area is 160 Å². The van der Waals surface area contributed by atoms with Crippen molar-refractivity contribution in [2.75, 3.05) is 11.9 Å². The first kappa shape index (κ1) is 17.3. The highest BCUT2D eigenvalue weighted by molar-refractivity contribution is 5.90. The molecule has 0 fully saturated rings. The maximum absolute atomic E-state index is 13.2. The molecule has 1 aliphatic heterocycles. The highest BCUT2D eigenvalue weighted by Crippen LogP contribution is 2.35. The van der Waals surface area contributed by atoms with Gasteiger partial charge in [0.15, 0.2) is 0 Å². The van der Waals surface area contributed by atoms with Crippen molar-refractivity contribution in [2.24, 2.45) is 0 Å². The second-order valence-electron chi connectivity index (χ2n) is 7.26. The molecule has 3 aromatic carbocycles. The molecule has 2 amide bonds. The Bertz CT molecular complexity index is 962. The van der Waals surface area contributed by atoms with Gasteiger partial charge < -0.3 is 10.2 Å². The van der Waals surface area contributed by atoms with Crippen LogP contribution in [0.3, 0.4) is 0 Å². The lowest BCUT2D eigenvalue weighted by molar-refractivity contribution is 0.194. The van der Waals surface area contributed by atoms with Gasteiger partial charge in [0.05, 0.1) is 6.04 Å². The fraction of sp³-hybridized carbons (Fsp3) is 0.208. The number of fused-ring (bicyclic) bond motifs is 1. The van der Waals surface area contributed by atoms with Gasteiger partial charge in [-0.15, -0.1) is 0 Å². The number of urea groups is 1. The molecule has 0 bridgehead atoms. The van der Waals surface area contributed by atoms with Crippen molar-refractivity contribution in [3.05, 3.63) is 101 Å². The van der Waals surface area contributed by atoms with Crippen molar-refractivity contribution >= 4 is 11.7 Å². The minimum atomic E-state index is -0.0691. The molecule has 1 N–H and O–H groups in total. The summed E-state index contributed by atoms with van der Waals surface area (Å²) in [5, 5.41) is 3.08. The second kappa shape index (κ2) is 7.28. The highest BCUT2D eigenvalue weighted by atomic mass is 16.2. The first-order valence-electron chi connectivity index (χ1n) is 9.40. The van der Waals surface area contributed by atoms with Crippen LogP contribution in [-0.2, 0) is 6.42 Å². The lowest BCUT2D eigenvalue weighted by Crippen LogP contribution is -2.43. The van der Waals surface area contributed by atoms with Crippen molar-refractivity contribution in [2.45, 2.75) is 26.3 Å². The van der Waals surface area contributed by atoms with Crippen LogP contribution >= 0.6 is 0 Å². The van der Waals surface area contributed by atoms with E-state index < -0.39 is 0 Å². The number of nitrogens with zero attached hydrogens (tertiary/aromatic N) is 1.